The number of nitrogens with zero attached hydrogens (tertiary/aromatic N) is 1. The molecule has 0 aliphatic carbocycles. The van der Waals surface area contributed by atoms with Crippen molar-refractivity contribution in [3.8, 4) is 11.1 Å². The van der Waals surface area contributed by atoms with E-state index in [2.05, 4.69) is 24.3 Å². The first-order valence-corrected chi connectivity index (χ1v) is 13.2. The third kappa shape index (κ3) is 5.41. The molecule has 6 heteroatoms. The van der Waals surface area contributed by atoms with Gasteiger partial charge in [-0.15, -0.1) is 0 Å². The van der Waals surface area contributed by atoms with Gasteiger partial charge in [0.05, 0.1) is 17.9 Å². The zero-order valence-electron chi connectivity index (χ0n) is 20.2. The summed E-state index contributed by atoms with van der Waals surface area (Å²) < 4.78 is 40.7. The average Bonchev–Trinajstić information content (AvgIpc) is 2.84. The van der Waals surface area contributed by atoms with Crippen LogP contribution in [0.2, 0.25) is 0 Å². The minimum Gasteiger partial charge on any atom is -0.349 e. The molecule has 1 aliphatic rings. The lowest BCUT2D eigenvalue weighted by Crippen LogP contribution is -2.54. The van der Waals surface area contributed by atoms with Crippen LogP contribution in [0.15, 0.2) is 84.9 Å². The van der Waals surface area contributed by atoms with E-state index in [0.717, 1.165) is 22.3 Å². The maximum absolute atomic E-state index is 13.5. The molecule has 3 aromatic rings. The Morgan fingerprint density at radius 3 is 2.09 bits per heavy atom. The van der Waals surface area contributed by atoms with Crippen LogP contribution in [0.1, 0.15) is 38.0 Å². The van der Waals surface area contributed by atoms with Crippen LogP contribution in [0.25, 0.3) is 11.1 Å². The standard InChI is InChI=1S/C28H33NO4S/c1-21(19-22-11-7-5-8-12-22)34(30,31)29(4)26-20-32-28(2,3)33-27(26)25-17-15-24(16-18-25)23-13-9-6-10-14-23/h5-18,21,26-27H,19-20H2,1-4H3/t21-,26+,27+/m1/s1. The molecule has 1 saturated heterocycles. The predicted molar refractivity (Wildman–Crippen MR) is 136 cm³/mol. The third-order valence-electron chi connectivity index (χ3n) is 6.45. The summed E-state index contributed by atoms with van der Waals surface area (Å²) in [7, 11) is -1.96. The molecule has 1 fully saturated rings. The van der Waals surface area contributed by atoms with Gasteiger partial charge in [0.1, 0.15) is 6.10 Å². The molecule has 4 rings (SSSR count). The van der Waals surface area contributed by atoms with E-state index in [4.69, 9.17) is 9.47 Å². The number of hydrogen-bond acceptors (Lipinski definition) is 4. The van der Waals surface area contributed by atoms with Gasteiger partial charge in [0.2, 0.25) is 10.0 Å². The van der Waals surface area contributed by atoms with Gasteiger partial charge in [0.25, 0.3) is 0 Å². The Kier molecular flexibility index (Phi) is 7.24. The number of likely N-dealkylation sites (N-methyl/N-ethyl adjacent to an activating group) is 1. The highest BCUT2D eigenvalue weighted by atomic mass is 32.2. The fraction of sp³-hybridized carbons (Fsp3) is 0.357. The first-order valence-electron chi connectivity index (χ1n) is 11.7. The quantitative estimate of drug-likeness (QED) is 0.453. The van der Waals surface area contributed by atoms with Crippen molar-refractivity contribution in [1.29, 1.82) is 0 Å². The van der Waals surface area contributed by atoms with Gasteiger partial charge in [-0.25, -0.2) is 8.42 Å². The molecular formula is C28H33NO4S. The summed E-state index contributed by atoms with van der Waals surface area (Å²) in [5, 5.41) is -0.573. The normalized spacial score (nSPS) is 21.3. The van der Waals surface area contributed by atoms with E-state index in [-0.39, 0.29) is 6.61 Å². The lowest BCUT2D eigenvalue weighted by Gasteiger charge is -2.44. The maximum Gasteiger partial charge on any atom is 0.217 e. The van der Waals surface area contributed by atoms with Gasteiger partial charge >= 0.3 is 0 Å². The molecule has 0 spiro atoms. The van der Waals surface area contributed by atoms with Crippen molar-refractivity contribution < 1.29 is 17.9 Å². The number of sulfonamides is 1. The summed E-state index contributed by atoms with van der Waals surface area (Å²) in [6.45, 7) is 5.74. The minimum atomic E-state index is -3.59. The lowest BCUT2D eigenvalue weighted by atomic mass is 9.97. The Hall–Kier alpha value is -2.51. The van der Waals surface area contributed by atoms with Gasteiger partial charge in [-0.2, -0.15) is 4.31 Å². The number of ether oxygens (including phenoxy) is 2. The SMILES string of the molecule is C[C@H](Cc1ccccc1)S(=O)(=O)N(C)[C@H]1COC(C)(C)O[C@H]1c1ccc(-c2ccccc2)cc1. The molecule has 5 nitrogen and oxygen atoms in total. The molecule has 34 heavy (non-hydrogen) atoms. The van der Waals surface area contributed by atoms with Crippen molar-refractivity contribution in [2.45, 2.75) is 50.4 Å². The van der Waals surface area contributed by atoms with E-state index in [9.17, 15) is 8.42 Å². The molecule has 0 aromatic heterocycles. The van der Waals surface area contributed by atoms with Gasteiger partial charge in [-0.1, -0.05) is 84.9 Å². The monoisotopic (exact) mass is 479 g/mol. The van der Waals surface area contributed by atoms with Crippen molar-refractivity contribution >= 4 is 10.0 Å². The Bertz CT molecular complexity index is 1180. The van der Waals surface area contributed by atoms with Gasteiger partial charge in [0.15, 0.2) is 5.79 Å². The average molecular weight is 480 g/mol. The summed E-state index contributed by atoms with van der Waals surface area (Å²) in [6, 6.07) is 27.5. The Morgan fingerprint density at radius 2 is 1.47 bits per heavy atom. The van der Waals surface area contributed by atoms with Crippen LogP contribution in [-0.2, 0) is 25.9 Å². The largest absolute Gasteiger partial charge is 0.349 e. The third-order valence-corrected chi connectivity index (χ3v) is 8.71. The van der Waals surface area contributed by atoms with E-state index in [1.165, 1.54) is 4.31 Å². The Balaban J connectivity index is 1.59. The predicted octanol–water partition coefficient (Wildman–Crippen LogP) is 5.44. The summed E-state index contributed by atoms with van der Waals surface area (Å²) in [4.78, 5) is 0. The Morgan fingerprint density at radius 1 is 0.912 bits per heavy atom. The topological polar surface area (TPSA) is 55.8 Å². The second-order valence-electron chi connectivity index (χ2n) is 9.37. The number of benzene rings is 3. The van der Waals surface area contributed by atoms with Crippen molar-refractivity contribution in [2.24, 2.45) is 0 Å². The van der Waals surface area contributed by atoms with Crippen LogP contribution in [0.4, 0.5) is 0 Å². The summed E-state index contributed by atoms with van der Waals surface area (Å²) in [5.41, 5.74) is 4.16. The molecule has 0 radical (unpaired) electrons. The van der Waals surface area contributed by atoms with Crippen LogP contribution in [-0.4, -0.2) is 43.5 Å². The van der Waals surface area contributed by atoms with Crippen molar-refractivity contribution in [3.05, 3.63) is 96.1 Å². The highest BCUT2D eigenvalue weighted by Gasteiger charge is 2.43. The van der Waals surface area contributed by atoms with Crippen molar-refractivity contribution in [3.63, 3.8) is 0 Å². The van der Waals surface area contributed by atoms with E-state index in [1.54, 1.807) is 14.0 Å². The molecule has 1 aliphatic heterocycles. The summed E-state index contributed by atoms with van der Waals surface area (Å²) in [6.07, 6.45) is 0.00132. The van der Waals surface area contributed by atoms with Crippen molar-refractivity contribution in [1.82, 2.24) is 4.31 Å². The zero-order chi connectivity index (χ0) is 24.3. The van der Waals surface area contributed by atoms with Crippen molar-refractivity contribution in [2.75, 3.05) is 13.7 Å². The molecule has 0 bridgehead atoms. The zero-order valence-corrected chi connectivity index (χ0v) is 21.0. The van der Waals surface area contributed by atoms with E-state index in [0.29, 0.717) is 6.42 Å². The first kappa shape index (κ1) is 24.6. The molecule has 3 atom stereocenters. The van der Waals surface area contributed by atoms with E-state index in [1.807, 2.05) is 74.5 Å². The van der Waals surface area contributed by atoms with E-state index < -0.39 is 33.2 Å². The number of hydrogen-bond donors (Lipinski definition) is 0. The lowest BCUT2D eigenvalue weighted by molar-refractivity contribution is -0.291. The first-order chi connectivity index (χ1) is 16.2. The smallest absolute Gasteiger partial charge is 0.217 e. The molecular weight excluding hydrogens is 446 g/mol. The van der Waals surface area contributed by atoms with Crippen LogP contribution in [0.5, 0.6) is 0 Å². The summed E-state index contributed by atoms with van der Waals surface area (Å²) in [5.74, 6) is -0.806. The van der Waals surface area contributed by atoms with Gasteiger partial charge in [-0.05, 0) is 49.4 Å². The highest BCUT2D eigenvalue weighted by molar-refractivity contribution is 7.89. The molecule has 0 amide bonds. The second kappa shape index (κ2) is 10.0. The molecule has 0 saturated carbocycles. The van der Waals surface area contributed by atoms with Gasteiger partial charge < -0.3 is 9.47 Å². The van der Waals surface area contributed by atoms with Crippen LogP contribution < -0.4 is 0 Å². The summed E-state index contributed by atoms with van der Waals surface area (Å²) >= 11 is 0. The fourth-order valence-corrected chi connectivity index (χ4v) is 5.92. The van der Waals surface area contributed by atoms with Crippen LogP contribution in [0, 0.1) is 0 Å². The molecule has 0 N–H and O–H groups in total. The molecule has 0 unspecified atom stereocenters. The second-order valence-corrected chi connectivity index (χ2v) is 11.8. The Labute approximate surface area is 203 Å². The van der Waals surface area contributed by atoms with Gasteiger partial charge in [-0.3, -0.25) is 0 Å². The molecule has 3 aromatic carbocycles. The van der Waals surface area contributed by atoms with Crippen LogP contribution >= 0.6 is 0 Å². The van der Waals surface area contributed by atoms with Crippen LogP contribution in [0.3, 0.4) is 0 Å². The number of rotatable bonds is 7. The maximum atomic E-state index is 13.5. The molecule has 1 heterocycles. The van der Waals surface area contributed by atoms with Gasteiger partial charge in [0, 0.05) is 7.05 Å². The highest BCUT2D eigenvalue weighted by Crippen LogP contribution is 2.37. The molecule has 180 valence electrons. The fourth-order valence-electron chi connectivity index (χ4n) is 4.40. The van der Waals surface area contributed by atoms with E-state index >= 15 is 0 Å². The minimum absolute atomic E-state index is 0.256.